The lowest BCUT2D eigenvalue weighted by atomic mass is 10.1. The Balaban J connectivity index is 1.71. The van der Waals surface area contributed by atoms with E-state index in [1.807, 2.05) is 60.7 Å². The molecular formula is C19H18N2O2. The van der Waals surface area contributed by atoms with Crippen LogP contribution >= 0.6 is 0 Å². The molecule has 3 aromatic rings. The van der Waals surface area contributed by atoms with Gasteiger partial charge in [0.25, 0.3) is 5.91 Å². The van der Waals surface area contributed by atoms with Gasteiger partial charge in [-0.25, -0.2) is 0 Å². The van der Waals surface area contributed by atoms with Gasteiger partial charge in [0.15, 0.2) is 5.76 Å². The highest BCUT2D eigenvalue weighted by atomic mass is 16.3. The van der Waals surface area contributed by atoms with E-state index in [1.54, 1.807) is 12.1 Å². The van der Waals surface area contributed by atoms with Crippen LogP contribution in [0.25, 0.3) is 0 Å². The molecule has 1 atom stereocenters. The van der Waals surface area contributed by atoms with E-state index in [9.17, 15) is 4.79 Å². The number of anilines is 1. The van der Waals surface area contributed by atoms with Crippen molar-refractivity contribution in [3.05, 3.63) is 90.4 Å². The monoisotopic (exact) mass is 306 g/mol. The summed E-state index contributed by atoms with van der Waals surface area (Å²) in [6.07, 6.45) is 1.49. The predicted octanol–water partition coefficient (Wildman–Crippen LogP) is 3.86. The molecule has 116 valence electrons. The maximum absolute atomic E-state index is 12.1. The van der Waals surface area contributed by atoms with Gasteiger partial charge in [0.05, 0.1) is 12.3 Å². The number of hydrogen-bond donors (Lipinski definition) is 2. The molecule has 0 bridgehead atoms. The van der Waals surface area contributed by atoms with Crippen LogP contribution < -0.4 is 10.6 Å². The topological polar surface area (TPSA) is 54.3 Å². The van der Waals surface area contributed by atoms with Crippen molar-refractivity contribution in [3.63, 3.8) is 0 Å². The molecule has 2 N–H and O–H groups in total. The van der Waals surface area contributed by atoms with Gasteiger partial charge in [-0.3, -0.25) is 4.79 Å². The first-order valence-electron chi connectivity index (χ1n) is 7.51. The first kappa shape index (κ1) is 14.9. The number of furan rings is 1. The van der Waals surface area contributed by atoms with E-state index in [1.165, 1.54) is 6.26 Å². The quantitative estimate of drug-likeness (QED) is 0.727. The molecule has 0 saturated heterocycles. The van der Waals surface area contributed by atoms with Crippen molar-refractivity contribution in [2.24, 2.45) is 0 Å². The van der Waals surface area contributed by atoms with E-state index < -0.39 is 0 Å². The fourth-order valence-corrected chi connectivity index (χ4v) is 2.36. The lowest BCUT2D eigenvalue weighted by Crippen LogP contribution is -2.31. The molecule has 4 nitrogen and oxygen atoms in total. The van der Waals surface area contributed by atoms with Crippen molar-refractivity contribution in [1.82, 2.24) is 5.32 Å². The van der Waals surface area contributed by atoms with Gasteiger partial charge in [0.2, 0.25) is 0 Å². The summed E-state index contributed by atoms with van der Waals surface area (Å²) in [4.78, 5) is 12.1. The van der Waals surface area contributed by atoms with Crippen LogP contribution in [0.2, 0.25) is 0 Å². The molecule has 0 radical (unpaired) electrons. The first-order chi connectivity index (χ1) is 11.3. The van der Waals surface area contributed by atoms with Crippen LogP contribution in [-0.4, -0.2) is 12.5 Å². The average molecular weight is 306 g/mol. The number of nitrogens with one attached hydrogen (secondary N) is 2. The molecule has 1 amide bonds. The molecule has 0 aliphatic rings. The third kappa shape index (κ3) is 4.01. The number of rotatable bonds is 6. The molecule has 2 aromatic carbocycles. The van der Waals surface area contributed by atoms with Gasteiger partial charge < -0.3 is 15.1 Å². The summed E-state index contributed by atoms with van der Waals surface area (Å²) in [5, 5.41) is 6.36. The predicted molar refractivity (Wildman–Crippen MR) is 90.3 cm³/mol. The van der Waals surface area contributed by atoms with Crippen LogP contribution in [0.1, 0.15) is 22.2 Å². The van der Waals surface area contributed by atoms with Crippen LogP contribution in [0, 0.1) is 0 Å². The minimum absolute atomic E-state index is 0.0301. The van der Waals surface area contributed by atoms with Crippen molar-refractivity contribution in [2.75, 3.05) is 11.9 Å². The third-order valence-electron chi connectivity index (χ3n) is 3.53. The summed E-state index contributed by atoms with van der Waals surface area (Å²) in [5.41, 5.74) is 2.12. The van der Waals surface area contributed by atoms with Gasteiger partial charge in [-0.1, -0.05) is 48.5 Å². The molecule has 1 unspecified atom stereocenters. The van der Waals surface area contributed by atoms with Crippen molar-refractivity contribution < 1.29 is 9.21 Å². The smallest absolute Gasteiger partial charge is 0.287 e. The maximum atomic E-state index is 12.1. The molecule has 4 heteroatoms. The highest BCUT2D eigenvalue weighted by molar-refractivity contribution is 5.91. The van der Waals surface area contributed by atoms with E-state index >= 15 is 0 Å². The normalized spacial score (nSPS) is 11.7. The number of benzene rings is 2. The lowest BCUT2D eigenvalue weighted by molar-refractivity contribution is 0.0924. The maximum Gasteiger partial charge on any atom is 0.287 e. The third-order valence-corrected chi connectivity index (χ3v) is 3.53. The Morgan fingerprint density at radius 2 is 1.61 bits per heavy atom. The number of amides is 1. The molecule has 0 fully saturated rings. The van der Waals surface area contributed by atoms with Gasteiger partial charge in [0, 0.05) is 12.2 Å². The minimum Gasteiger partial charge on any atom is -0.459 e. The van der Waals surface area contributed by atoms with Gasteiger partial charge in [0.1, 0.15) is 0 Å². The largest absolute Gasteiger partial charge is 0.459 e. The minimum atomic E-state index is -0.217. The standard InChI is InChI=1S/C19H18N2O2/c22-19(18-12-7-13-23-18)20-14-17(15-8-3-1-4-9-15)21-16-10-5-2-6-11-16/h1-13,17,21H,14H2,(H,20,22). The highest BCUT2D eigenvalue weighted by Crippen LogP contribution is 2.19. The zero-order valence-electron chi connectivity index (χ0n) is 12.6. The lowest BCUT2D eigenvalue weighted by Gasteiger charge is -2.21. The SMILES string of the molecule is O=C(NCC(Nc1ccccc1)c1ccccc1)c1ccco1. The fraction of sp³-hybridized carbons (Fsp3) is 0.105. The molecule has 0 aliphatic heterocycles. The number of carbonyl (C=O) groups excluding carboxylic acids is 1. The van der Waals surface area contributed by atoms with E-state index in [0.29, 0.717) is 12.3 Å². The second-order valence-corrected chi connectivity index (χ2v) is 5.16. The summed E-state index contributed by atoms with van der Waals surface area (Å²) >= 11 is 0. The van der Waals surface area contributed by atoms with Crippen molar-refractivity contribution in [1.29, 1.82) is 0 Å². The van der Waals surface area contributed by atoms with Crippen LogP contribution in [0.15, 0.2) is 83.5 Å². The molecule has 23 heavy (non-hydrogen) atoms. The first-order valence-corrected chi connectivity index (χ1v) is 7.51. The molecule has 3 rings (SSSR count). The second kappa shape index (κ2) is 7.31. The molecule has 0 aliphatic carbocycles. The summed E-state index contributed by atoms with van der Waals surface area (Å²) in [5.74, 6) is 0.0994. The van der Waals surface area contributed by atoms with Crippen molar-refractivity contribution >= 4 is 11.6 Å². The van der Waals surface area contributed by atoms with E-state index in [2.05, 4.69) is 10.6 Å². The summed E-state index contributed by atoms with van der Waals surface area (Å²) in [7, 11) is 0. The molecule has 0 saturated carbocycles. The average Bonchev–Trinajstić information content (AvgIpc) is 3.15. The molecular weight excluding hydrogens is 288 g/mol. The Morgan fingerprint density at radius 1 is 0.913 bits per heavy atom. The van der Waals surface area contributed by atoms with E-state index in [-0.39, 0.29) is 11.9 Å². The van der Waals surface area contributed by atoms with Gasteiger partial charge >= 0.3 is 0 Å². The van der Waals surface area contributed by atoms with Gasteiger partial charge in [-0.05, 0) is 29.8 Å². The number of hydrogen-bond acceptors (Lipinski definition) is 3. The fourth-order valence-electron chi connectivity index (χ4n) is 2.36. The Kier molecular flexibility index (Phi) is 4.74. The zero-order valence-corrected chi connectivity index (χ0v) is 12.6. The van der Waals surface area contributed by atoms with Gasteiger partial charge in [-0.2, -0.15) is 0 Å². The summed E-state index contributed by atoms with van der Waals surface area (Å²) < 4.78 is 5.12. The highest BCUT2D eigenvalue weighted by Gasteiger charge is 2.14. The van der Waals surface area contributed by atoms with Crippen LogP contribution in [0.4, 0.5) is 5.69 Å². The van der Waals surface area contributed by atoms with E-state index in [0.717, 1.165) is 11.3 Å². The summed E-state index contributed by atoms with van der Waals surface area (Å²) in [6, 6.07) is 23.3. The molecule has 1 heterocycles. The Bertz CT molecular complexity index is 725. The summed E-state index contributed by atoms with van der Waals surface area (Å²) in [6.45, 7) is 0.457. The Labute approximate surface area is 135 Å². The van der Waals surface area contributed by atoms with Crippen LogP contribution in [0.5, 0.6) is 0 Å². The molecule has 0 spiro atoms. The van der Waals surface area contributed by atoms with Crippen LogP contribution in [0.3, 0.4) is 0 Å². The number of para-hydroxylation sites is 1. The van der Waals surface area contributed by atoms with Crippen LogP contribution in [-0.2, 0) is 0 Å². The Morgan fingerprint density at radius 3 is 2.26 bits per heavy atom. The van der Waals surface area contributed by atoms with Crippen molar-refractivity contribution in [2.45, 2.75) is 6.04 Å². The van der Waals surface area contributed by atoms with E-state index in [4.69, 9.17) is 4.42 Å². The van der Waals surface area contributed by atoms with Crippen molar-refractivity contribution in [3.8, 4) is 0 Å². The second-order valence-electron chi connectivity index (χ2n) is 5.16. The Hall–Kier alpha value is -3.01. The molecule has 1 aromatic heterocycles. The number of carbonyl (C=O) groups is 1. The van der Waals surface area contributed by atoms with Gasteiger partial charge in [-0.15, -0.1) is 0 Å². The zero-order chi connectivity index (χ0) is 15.9.